The van der Waals surface area contributed by atoms with Gasteiger partial charge in [0.1, 0.15) is 0 Å². The van der Waals surface area contributed by atoms with E-state index in [9.17, 15) is 14.4 Å². The van der Waals surface area contributed by atoms with Crippen LogP contribution in [-0.2, 0) is 25.5 Å². The van der Waals surface area contributed by atoms with Gasteiger partial charge in [-0.1, -0.05) is 38.0 Å². The molecule has 1 N–H and O–H groups in total. The van der Waals surface area contributed by atoms with Gasteiger partial charge >= 0.3 is 5.97 Å². The van der Waals surface area contributed by atoms with Crippen LogP contribution in [0.5, 0.6) is 0 Å². The van der Waals surface area contributed by atoms with Gasteiger partial charge in [-0.2, -0.15) is 0 Å². The largest absolute Gasteiger partial charge is 0.455 e. The second-order valence-corrected chi connectivity index (χ2v) is 9.50. The SMILES string of the molecule is CC1CCC(NC(=O)COC(=O)C2CCCCC2C(=O)N2CCc3ccccc32)CC1. The third kappa shape index (κ3) is 5.10. The zero-order valence-electron chi connectivity index (χ0n) is 18.5. The molecule has 1 heterocycles. The molecule has 31 heavy (non-hydrogen) atoms. The molecule has 0 saturated heterocycles. The Morgan fingerprint density at radius 2 is 1.71 bits per heavy atom. The van der Waals surface area contributed by atoms with E-state index in [1.54, 1.807) is 0 Å². The number of benzene rings is 1. The molecule has 2 atom stereocenters. The van der Waals surface area contributed by atoms with Crippen LogP contribution in [0.1, 0.15) is 63.9 Å². The second-order valence-electron chi connectivity index (χ2n) is 9.50. The van der Waals surface area contributed by atoms with Gasteiger partial charge in [0.2, 0.25) is 5.91 Å². The smallest absolute Gasteiger partial charge is 0.310 e. The molecule has 0 radical (unpaired) electrons. The van der Waals surface area contributed by atoms with Gasteiger partial charge in [-0.3, -0.25) is 14.4 Å². The van der Waals surface area contributed by atoms with Gasteiger partial charge in [0, 0.05) is 18.3 Å². The number of rotatable bonds is 5. The first-order valence-corrected chi connectivity index (χ1v) is 11.9. The van der Waals surface area contributed by atoms with Gasteiger partial charge in [0.25, 0.3) is 5.91 Å². The Hall–Kier alpha value is -2.37. The number of hydrogen-bond acceptors (Lipinski definition) is 4. The second kappa shape index (κ2) is 9.84. The molecule has 6 heteroatoms. The maximum atomic E-state index is 13.3. The van der Waals surface area contributed by atoms with Gasteiger partial charge in [0.15, 0.2) is 6.61 Å². The molecule has 2 aliphatic carbocycles. The lowest BCUT2D eigenvalue weighted by molar-refractivity contribution is -0.157. The number of nitrogens with one attached hydrogen (secondary N) is 1. The monoisotopic (exact) mass is 426 g/mol. The fourth-order valence-electron chi connectivity index (χ4n) is 5.39. The number of esters is 1. The van der Waals surface area contributed by atoms with Crippen molar-refractivity contribution in [3.63, 3.8) is 0 Å². The molecule has 0 spiro atoms. The molecule has 6 nitrogen and oxygen atoms in total. The molecule has 3 aliphatic rings. The summed E-state index contributed by atoms with van der Waals surface area (Å²) in [7, 11) is 0. The number of nitrogens with zero attached hydrogens (tertiary/aromatic N) is 1. The molecule has 2 saturated carbocycles. The molecule has 168 valence electrons. The van der Waals surface area contributed by atoms with E-state index in [4.69, 9.17) is 4.74 Å². The summed E-state index contributed by atoms with van der Waals surface area (Å²) < 4.78 is 5.40. The molecular formula is C25H34N2O4. The van der Waals surface area contributed by atoms with E-state index in [0.717, 1.165) is 50.6 Å². The summed E-state index contributed by atoms with van der Waals surface area (Å²) in [5, 5.41) is 3.00. The fourth-order valence-corrected chi connectivity index (χ4v) is 5.39. The molecule has 0 aromatic heterocycles. The number of para-hydroxylation sites is 1. The van der Waals surface area contributed by atoms with Crippen molar-refractivity contribution in [3.8, 4) is 0 Å². The van der Waals surface area contributed by atoms with Gasteiger partial charge in [-0.15, -0.1) is 0 Å². The van der Waals surface area contributed by atoms with Gasteiger partial charge in [-0.05, 0) is 62.5 Å². The van der Waals surface area contributed by atoms with Crippen LogP contribution in [0.2, 0.25) is 0 Å². The molecule has 0 bridgehead atoms. The zero-order chi connectivity index (χ0) is 21.8. The quantitative estimate of drug-likeness (QED) is 0.730. The summed E-state index contributed by atoms with van der Waals surface area (Å²) in [5.74, 6) is -0.729. The van der Waals surface area contributed by atoms with Crippen molar-refractivity contribution in [3.05, 3.63) is 29.8 Å². The standard InChI is InChI=1S/C25H34N2O4/c1-17-10-12-19(13-11-17)26-23(28)16-31-25(30)21-8-4-3-7-20(21)24(29)27-15-14-18-6-2-5-9-22(18)27/h2,5-6,9,17,19-21H,3-4,7-8,10-16H2,1H3,(H,26,28). The molecule has 2 fully saturated rings. The molecule has 2 unspecified atom stereocenters. The Bertz CT molecular complexity index is 815. The lowest BCUT2D eigenvalue weighted by atomic mass is 9.78. The average molecular weight is 427 g/mol. The van der Waals surface area contributed by atoms with E-state index in [1.807, 2.05) is 23.1 Å². The lowest BCUT2D eigenvalue weighted by Gasteiger charge is -2.32. The zero-order valence-corrected chi connectivity index (χ0v) is 18.5. The summed E-state index contributed by atoms with van der Waals surface area (Å²) in [6.07, 6.45) is 8.25. The molecule has 4 rings (SSSR count). The summed E-state index contributed by atoms with van der Waals surface area (Å²) >= 11 is 0. The Morgan fingerprint density at radius 1 is 1.00 bits per heavy atom. The number of anilines is 1. The van der Waals surface area contributed by atoms with Crippen LogP contribution >= 0.6 is 0 Å². The topological polar surface area (TPSA) is 75.7 Å². The summed E-state index contributed by atoms with van der Waals surface area (Å²) in [6, 6.07) is 8.16. The van der Waals surface area contributed by atoms with Crippen LogP contribution in [0.15, 0.2) is 24.3 Å². The van der Waals surface area contributed by atoms with Crippen LogP contribution < -0.4 is 10.2 Å². The highest BCUT2D eigenvalue weighted by atomic mass is 16.5. The first kappa shape index (κ1) is 21.8. The Balaban J connectivity index is 1.32. The minimum Gasteiger partial charge on any atom is -0.455 e. The van der Waals surface area contributed by atoms with Crippen LogP contribution in [0.3, 0.4) is 0 Å². The highest BCUT2D eigenvalue weighted by Gasteiger charge is 2.40. The maximum absolute atomic E-state index is 13.3. The predicted octanol–water partition coefficient (Wildman–Crippen LogP) is 3.62. The van der Waals surface area contributed by atoms with Gasteiger partial charge in [-0.25, -0.2) is 0 Å². The highest BCUT2D eigenvalue weighted by molar-refractivity contribution is 5.99. The van der Waals surface area contributed by atoms with Crippen LogP contribution in [0.25, 0.3) is 0 Å². The third-order valence-electron chi connectivity index (χ3n) is 7.27. The van der Waals surface area contributed by atoms with Gasteiger partial charge in [0.05, 0.1) is 11.8 Å². The highest BCUT2D eigenvalue weighted by Crippen LogP contribution is 2.36. The van der Waals surface area contributed by atoms with Gasteiger partial charge < -0.3 is 15.0 Å². The molecule has 1 aliphatic heterocycles. The Labute approximate surface area is 184 Å². The third-order valence-corrected chi connectivity index (χ3v) is 7.27. The first-order chi connectivity index (χ1) is 15.0. The predicted molar refractivity (Wildman–Crippen MR) is 118 cm³/mol. The van der Waals surface area contributed by atoms with Crippen molar-refractivity contribution < 1.29 is 19.1 Å². The number of fused-ring (bicyclic) bond motifs is 1. The van der Waals surface area contributed by atoms with E-state index in [1.165, 1.54) is 5.56 Å². The van der Waals surface area contributed by atoms with Crippen molar-refractivity contribution in [2.75, 3.05) is 18.1 Å². The van der Waals surface area contributed by atoms with Crippen molar-refractivity contribution in [2.45, 2.75) is 70.8 Å². The fraction of sp³-hybridized carbons (Fsp3) is 0.640. The molecular weight excluding hydrogens is 392 g/mol. The summed E-state index contributed by atoms with van der Waals surface area (Å²) in [6.45, 7) is 2.65. The normalized spacial score (nSPS) is 28.0. The average Bonchev–Trinajstić information content (AvgIpc) is 3.23. The number of carbonyl (C=O) groups is 3. The van der Waals surface area contributed by atoms with Crippen LogP contribution in [0, 0.1) is 17.8 Å². The van der Waals surface area contributed by atoms with Crippen LogP contribution in [-0.4, -0.2) is 37.0 Å². The molecule has 1 aromatic rings. The maximum Gasteiger partial charge on any atom is 0.310 e. The molecule has 2 amide bonds. The van der Waals surface area contributed by atoms with E-state index in [0.29, 0.717) is 25.3 Å². The van der Waals surface area contributed by atoms with Crippen molar-refractivity contribution >= 4 is 23.5 Å². The van der Waals surface area contributed by atoms with E-state index in [-0.39, 0.29) is 30.4 Å². The number of hydrogen-bond donors (Lipinski definition) is 1. The van der Waals surface area contributed by atoms with Crippen molar-refractivity contribution in [2.24, 2.45) is 17.8 Å². The lowest BCUT2D eigenvalue weighted by Crippen LogP contribution is -2.43. The number of ether oxygens (including phenoxy) is 1. The van der Waals surface area contributed by atoms with Crippen molar-refractivity contribution in [1.82, 2.24) is 5.32 Å². The minimum atomic E-state index is -0.461. The number of amides is 2. The minimum absolute atomic E-state index is 0.0207. The van der Waals surface area contributed by atoms with Crippen molar-refractivity contribution in [1.29, 1.82) is 0 Å². The Kier molecular flexibility index (Phi) is 6.93. The Morgan fingerprint density at radius 3 is 2.48 bits per heavy atom. The van der Waals surface area contributed by atoms with E-state index < -0.39 is 11.9 Å². The van der Waals surface area contributed by atoms with E-state index >= 15 is 0 Å². The van der Waals surface area contributed by atoms with E-state index in [2.05, 4.69) is 18.3 Å². The summed E-state index contributed by atoms with van der Waals surface area (Å²) in [5.41, 5.74) is 2.14. The molecule has 1 aromatic carbocycles. The number of carbonyl (C=O) groups excluding carboxylic acids is 3. The van der Waals surface area contributed by atoms with Crippen LogP contribution in [0.4, 0.5) is 5.69 Å². The summed E-state index contributed by atoms with van der Waals surface area (Å²) in [4.78, 5) is 40.3. The first-order valence-electron chi connectivity index (χ1n) is 11.9.